The third kappa shape index (κ3) is 6.24. The maximum absolute atomic E-state index is 10.3. The van der Waals surface area contributed by atoms with Crippen LogP contribution in [0, 0.1) is 17.3 Å². The van der Waals surface area contributed by atoms with Crippen LogP contribution in [-0.2, 0) is 4.74 Å². The highest BCUT2D eigenvalue weighted by atomic mass is 16.5. The molecule has 0 spiro atoms. The molecule has 0 bridgehead atoms. The Morgan fingerprint density at radius 1 is 1.37 bits per heavy atom. The van der Waals surface area contributed by atoms with Gasteiger partial charge in [0.1, 0.15) is 0 Å². The summed E-state index contributed by atoms with van der Waals surface area (Å²) in [6.45, 7) is 13.0. The first kappa shape index (κ1) is 16.9. The van der Waals surface area contributed by atoms with Crippen LogP contribution in [0.2, 0.25) is 0 Å². The fourth-order valence-electron chi connectivity index (χ4n) is 3.23. The number of rotatable bonds is 7. The Kier molecular flexibility index (Phi) is 6.78. The molecule has 0 aromatic heterocycles. The van der Waals surface area contributed by atoms with Gasteiger partial charge < -0.3 is 14.7 Å². The fraction of sp³-hybridized carbons (Fsp3) is 1.00. The second-order valence-electron chi connectivity index (χ2n) is 7.38. The summed E-state index contributed by atoms with van der Waals surface area (Å²) < 4.78 is 5.21. The van der Waals surface area contributed by atoms with Gasteiger partial charge in [-0.2, -0.15) is 0 Å². The van der Waals surface area contributed by atoms with Crippen molar-refractivity contribution < 1.29 is 9.84 Å². The molecule has 3 heteroatoms. The van der Waals surface area contributed by atoms with Gasteiger partial charge in [-0.15, -0.1) is 0 Å². The monoisotopic (exact) mass is 271 g/mol. The van der Waals surface area contributed by atoms with Crippen molar-refractivity contribution in [2.75, 3.05) is 33.4 Å². The summed E-state index contributed by atoms with van der Waals surface area (Å²) in [4.78, 5) is 2.46. The lowest BCUT2D eigenvalue weighted by atomic mass is 9.70. The summed E-state index contributed by atoms with van der Waals surface area (Å²) in [6, 6.07) is 0. The van der Waals surface area contributed by atoms with Crippen molar-refractivity contribution in [2.24, 2.45) is 17.3 Å². The van der Waals surface area contributed by atoms with E-state index < -0.39 is 0 Å². The third-order valence-electron chi connectivity index (χ3n) is 4.20. The highest BCUT2D eigenvalue weighted by Crippen LogP contribution is 2.39. The molecule has 1 N–H and O–H groups in total. The van der Waals surface area contributed by atoms with Crippen LogP contribution < -0.4 is 0 Å². The maximum atomic E-state index is 10.3. The molecule has 0 radical (unpaired) electrons. The number of nitrogens with zero attached hydrogens (tertiary/aromatic N) is 1. The first-order valence-electron chi connectivity index (χ1n) is 7.73. The van der Waals surface area contributed by atoms with E-state index in [0.717, 1.165) is 45.5 Å². The Morgan fingerprint density at radius 2 is 2.05 bits per heavy atom. The number of aliphatic hydroxyl groups excluding tert-OH is 1. The Bertz CT molecular complexity index is 253. The van der Waals surface area contributed by atoms with Gasteiger partial charge in [0.25, 0.3) is 0 Å². The minimum atomic E-state index is -0.120. The summed E-state index contributed by atoms with van der Waals surface area (Å²) in [5.41, 5.74) is 0.384. The lowest BCUT2D eigenvalue weighted by molar-refractivity contribution is -0.000731. The Hall–Kier alpha value is -0.120. The standard InChI is InChI=1S/C16H33NO2/c1-13(2)11-17(8-9-19-5)12-14-10-16(3,4)7-6-15(14)18/h13-15,18H,6-12H2,1-5H3. The average Bonchev–Trinajstić information content (AvgIpc) is 2.30. The molecule has 1 aliphatic rings. The minimum absolute atomic E-state index is 0.120. The van der Waals surface area contributed by atoms with E-state index in [4.69, 9.17) is 4.74 Å². The number of methoxy groups -OCH3 is 1. The highest BCUT2D eigenvalue weighted by molar-refractivity contribution is 4.86. The molecule has 1 aliphatic carbocycles. The minimum Gasteiger partial charge on any atom is -0.393 e. The third-order valence-corrected chi connectivity index (χ3v) is 4.20. The topological polar surface area (TPSA) is 32.7 Å². The summed E-state index contributed by atoms with van der Waals surface area (Å²) in [5.74, 6) is 1.07. The van der Waals surface area contributed by atoms with Crippen molar-refractivity contribution in [3.63, 3.8) is 0 Å². The van der Waals surface area contributed by atoms with E-state index in [0.29, 0.717) is 17.3 Å². The van der Waals surface area contributed by atoms with Gasteiger partial charge in [0, 0.05) is 26.7 Å². The predicted molar refractivity (Wildman–Crippen MR) is 80.3 cm³/mol. The first-order valence-corrected chi connectivity index (χ1v) is 7.73. The van der Waals surface area contributed by atoms with Crippen molar-refractivity contribution >= 4 is 0 Å². The molecule has 2 atom stereocenters. The van der Waals surface area contributed by atoms with Crippen LogP contribution in [0.25, 0.3) is 0 Å². The van der Waals surface area contributed by atoms with E-state index >= 15 is 0 Å². The molecule has 19 heavy (non-hydrogen) atoms. The van der Waals surface area contributed by atoms with Gasteiger partial charge in [-0.05, 0) is 36.5 Å². The van der Waals surface area contributed by atoms with Gasteiger partial charge in [-0.1, -0.05) is 27.7 Å². The second kappa shape index (κ2) is 7.61. The molecule has 1 saturated carbocycles. The van der Waals surface area contributed by atoms with Gasteiger partial charge in [-0.25, -0.2) is 0 Å². The molecule has 0 amide bonds. The van der Waals surface area contributed by atoms with Crippen molar-refractivity contribution in [3.8, 4) is 0 Å². The maximum Gasteiger partial charge on any atom is 0.0589 e. The van der Waals surface area contributed by atoms with E-state index in [1.54, 1.807) is 7.11 Å². The normalized spacial score (nSPS) is 27.2. The highest BCUT2D eigenvalue weighted by Gasteiger charge is 2.34. The molecule has 3 nitrogen and oxygen atoms in total. The number of hydrogen-bond donors (Lipinski definition) is 1. The lowest BCUT2D eigenvalue weighted by Gasteiger charge is -2.41. The largest absolute Gasteiger partial charge is 0.393 e. The van der Waals surface area contributed by atoms with Gasteiger partial charge in [0.2, 0.25) is 0 Å². The van der Waals surface area contributed by atoms with E-state index in [1.165, 1.54) is 0 Å². The Balaban J connectivity index is 2.54. The number of aliphatic hydroxyl groups is 1. The Morgan fingerprint density at radius 3 is 2.63 bits per heavy atom. The quantitative estimate of drug-likeness (QED) is 0.773. The molecule has 0 aromatic carbocycles. The van der Waals surface area contributed by atoms with E-state index in [-0.39, 0.29) is 6.10 Å². The Labute approximate surface area is 119 Å². The molecule has 2 unspecified atom stereocenters. The fourth-order valence-corrected chi connectivity index (χ4v) is 3.23. The van der Waals surface area contributed by atoms with Gasteiger partial charge in [0.15, 0.2) is 0 Å². The SMILES string of the molecule is COCCN(CC(C)C)CC1CC(C)(C)CCC1O. The molecular formula is C16H33NO2. The average molecular weight is 271 g/mol. The molecule has 0 aliphatic heterocycles. The van der Waals surface area contributed by atoms with E-state index in [9.17, 15) is 5.11 Å². The van der Waals surface area contributed by atoms with Crippen LogP contribution in [0.4, 0.5) is 0 Å². The summed E-state index contributed by atoms with van der Waals surface area (Å²) >= 11 is 0. The van der Waals surface area contributed by atoms with Crippen LogP contribution in [0.1, 0.15) is 47.0 Å². The molecule has 1 rings (SSSR count). The molecule has 0 saturated heterocycles. The zero-order chi connectivity index (χ0) is 14.5. The van der Waals surface area contributed by atoms with Crippen molar-refractivity contribution in [1.82, 2.24) is 4.90 Å². The second-order valence-corrected chi connectivity index (χ2v) is 7.38. The summed E-state index contributed by atoms with van der Waals surface area (Å²) in [7, 11) is 1.76. The number of hydrogen-bond acceptors (Lipinski definition) is 3. The number of ether oxygens (including phenoxy) is 1. The smallest absolute Gasteiger partial charge is 0.0589 e. The molecule has 114 valence electrons. The van der Waals surface area contributed by atoms with Crippen LogP contribution in [0.15, 0.2) is 0 Å². The van der Waals surface area contributed by atoms with Crippen molar-refractivity contribution in [1.29, 1.82) is 0 Å². The van der Waals surface area contributed by atoms with E-state index in [1.807, 2.05) is 0 Å². The van der Waals surface area contributed by atoms with Crippen molar-refractivity contribution in [2.45, 2.75) is 53.1 Å². The zero-order valence-corrected chi connectivity index (χ0v) is 13.5. The van der Waals surface area contributed by atoms with Crippen LogP contribution >= 0.6 is 0 Å². The van der Waals surface area contributed by atoms with Gasteiger partial charge in [-0.3, -0.25) is 0 Å². The first-order chi connectivity index (χ1) is 8.84. The zero-order valence-electron chi connectivity index (χ0n) is 13.5. The van der Waals surface area contributed by atoms with Crippen LogP contribution in [0.3, 0.4) is 0 Å². The molecular weight excluding hydrogens is 238 g/mol. The van der Waals surface area contributed by atoms with Gasteiger partial charge in [0.05, 0.1) is 12.7 Å². The lowest BCUT2D eigenvalue weighted by Crippen LogP contribution is -2.43. The summed E-state index contributed by atoms with van der Waals surface area (Å²) in [6.07, 6.45) is 3.12. The van der Waals surface area contributed by atoms with E-state index in [2.05, 4.69) is 32.6 Å². The molecule has 0 aromatic rings. The van der Waals surface area contributed by atoms with Gasteiger partial charge >= 0.3 is 0 Å². The van der Waals surface area contributed by atoms with Crippen LogP contribution in [0.5, 0.6) is 0 Å². The predicted octanol–water partition coefficient (Wildman–Crippen LogP) is 2.78. The summed E-state index contributed by atoms with van der Waals surface area (Å²) in [5, 5.41) is 10.3. The van der Waals surface area contributed by atoms with Crippen molar-refractivity contribution in [3.05, 3.63) is 0 Å². The molecule has 0 heterocycles. The van der Waals surface area contributed by atoms with Crippen LogP contribution in [-0.4, -0.2) is 49.5 Å². The molecule has 1 fully saturated rings.